The molecular weight excluding hydrogens is 685 g/mol. The van der Waals surface area contributed by atoms with Crippen LogP contribution in [0.4, 0.5) is 21.8 Å². The van der Waals surface area contributed by atoms with E-state index in [0.717, 1.165) is 25.9 Å². The van der Waals surface area contributed by atoms with Crippen molar-refractivity contribution in [3.63, 3.8) is 0 Å². The van der Waals surface area contributed by atoms with Gasteiger partial charge in [-0.3, -0.25) is 14.4 Å². The van der Waals surface area contributed by atoms with Crippen LogP contribution in [0.2, 0.25) is 5.02 Å². The number of amides is 1. The lowest BCUT2D eigenvalue weighted by Crippen LogP contribution is -2.52. The second-order valence-electron chi connectivity index (χ2n) is 13.5. The van der Waals surface area contributed by atoms with Crippen LogP contribution in [-0.4, -0.2) is 88.3 Å². The summed E-state index contributed by atoms with van der Waals surface area (Å²) in [4.78, 5) is 53.6. The topological polar surface area (TPSA) is 182 Å². The molecule has 3 aromatic rings. The highest BCUT2D eigenvalue weighted by Gasteiger charge is 2.49. The fourth-order valence-electron chi connectivity index (χ4n) is 7.74. The van der Waals surface area contributed by atoms with Gasteiger partial charge in [-0.05, 0) is 44.7 Å². The van der Waals surface area contributed by atoms with E-state index in [2.05, 4.69) is 30.5 Å². The number of nitrogens with zero attached hydrogens (tertiary/aromatic N) is 5. The quantitative estimate of drug-likeness (QED) is 0.187. The number of hydrogen-bond donors (Lipinski definition) is 4. The van der Waals surface area contributed by atoms with Crippen molar-refractivity contribution in [3.05, 3.63) is 58.1 Å². The molecule has 2 unspecified atom stereocenters. The van der Waals surface area contributed by atoms with Gasteiger partial charge in [0.2, 0.25) is 5.78 Å². The maximum atomic E-state index is 16.0. The van der Waals surface area contributed by atoms with Crippen molar-refractivity contribution >= 4 is 58.8 Å². The standard InChI is InChI=1S/C34H39ClFN9O4S/c1-18-29(41-12-19-2-4-21-22(28(19)36)15-45(33(21)48)20-3-5-23(40-13-20)24(47)16-46)34(17-49-18)7-10-44(11-8-34)26-14-42-32(31(38)43-26)50-25-6-9-39-30(37)27(25)35/h2,4,6,9,14,16,18,20,23,29,40-41H,3,5,7-8,10-13,15,17H2,1H3,(H2,37,39)(H2,38,43)/t18-,20?,23?,29+/m0/s1. The number of Topliss-reactive ketones (excluding diaryl/α,β-unsaturated/α-hetero) is 1. The number of carbonyl (C=O) groups excluding carboxylic acids is 3. The highest BCUT2D eigenvalue weighted by Crippen LogP contribution is 2.44. The van der Waals surface area contributed by atoms with Crippen molar-refractivity contribution < 1.29 is 23.5 Å². The number of piperidine rings is 2. The van der Waals surface area contributed by atoms with Crippen LogP contribution in [0.3, 0.4) is 0 Å². The van der Waals surface area contributed by atoms with Gasteiger partial charge in [0.25, 0.3) is 5.91 Å². The van der Waals surface area contributed by atoms with E-state index in [1.165, 1.54) is 11.8 Å². The number of aldehydes is 1. The van der Waals surface area contributed by atoms with Gasteiger partial charge in [-0.2, -0.15) is 0 Å². The first kappa shape index (κ1) is 34.6. The molecule has 6 heterocycles. The van der Waals surface area contributed by atoms with E-state index in [4.69, 9.17) is 27.8 Å². The molecule has 16 heteroatoms. The van der Waals surface area contributed by atoms with Crippen LogP contribution in [0.5, 0.6) is 0 Å². The zero-order valence-corrected chi connectivity index (χ0v) is 29.1. The minimum atomic E-state index is -0.529. The Bertz CT molecular complexity index is 1820. The predicted octanol–water partition coefficient (Wildman–Crippen LogP) is 2.99. The Morgan fingerprint density at radius 3 is 2.74 bits per heavy atom. The number of rotatable bonds is 9. The second-order valence-corrected chi connectivity index (χ2v) is 14.9. The van der Waals surface area contributed by atoms with Crippen molar-refractivity contribution in [1.29, 1.82) is 0 Å². The molecule has 13 nitrogen and oxygen atoms in total. The molecule has 0 radical (unpaired) electrons. The summed E-state index contributed by atoms with van der Waals surface area (Å²) in [5, 5.41) is 7.56. The summed E-state index contributed by atoms with van der Waals surface area (Å²) in [7, 11) is 0. The number of fused-ring (bicyclic) bond motifs is 1. The lowest BCUT2D eigenvalue weighted by atomic mass is 9.73. The number of nitrogens with one attached hydrogen (secondary N) is 2. The number of nitrogens with two attached hydrogens (primary N) is 2. The van der Waals surface area contributed by atoms with Crippen molar-refractivity contribution in [2.75, 3.05) is 42.6 Å². The van der Waals surface area contributed by atoms with Crippen molar-refractivity contribution in [3.8, 4) is 0 Å². The van der Waals surface area contributed by atoms with Gasteiger partial charge in [0.15, 0.2) is 12.1 Å². The molecule has 7 rings (SSSR count). The van der Waals surface area contributed by atoms with Gasteiger partial charge < -0.3 is 36.6 Å². The summed E-state index contributed by atoms with van der Waals surface area (Å²) in [6.45, 7) is 4.95. The molecule has 0 aliphatic carbocycles. The van der Waals surface area contributed by atoms with Crippen molar-refractivity contribution in [2.45, 2.75) is 79.8 Å². The zero-order valence-electron chi connectivity index (χ0n) is 27.5. The Kier molecular flexibility index (Phi) is 9.69. The van der Waals surface area contributed by atoms with Gasteiger partial charge in [0.1, 0.15) is 22.5 Å². The molecule has 6 N–H and O–H groups in total. The third kappa shape index (κ3) is 6.41. The molecule has 1 amide bonds. The first-order valence-corrected chi connectivity index (χ1v) is 17.9. The molecule has 50 heavy (non-hydrogen) atoms. The van der Waals surface area contributed by atoms with E-state index in [-0.39, 0.29) is 47.7 Å². The molecule has 1 spiro atoms. The average Bonchev–Trinajstić information content (AvgIpc) is 3.62. The Balaban J connectivity index is 0.973. The van der Waals surface area contributed by atoms with Gasteiger partial charge in [0.05, 0.1) is 36.5 Å². The van der Waals surface area contributed by atoms with E-state index in [1.807, 2.05) is 6.92 Å². The summed E-state index contributed by atoms with van der Waals surface area (Å²) >= 11 is 7.58. The van der Waals surface area contributed by atoms with Crippen LogP contribution < -0.4 is 27.0 Å². The molecular formula is C34H39ClFN9O4S. The van der Waals surface area contributed by atoms with E-state index < -0.39 is 11.8 Å². The van der Waals surface area contributed by atoms with Gasteiger partial charge >= 0.3 is 0 Å². The first-order valence-electron chi connectivity index (χ1n) is 16.7. The molecule has 4 aliphatic rings. The number of aromatic nitrogens is 3. The van der Waals surface area contributed by atoms with Crippen molar-refractivity contribution in [2.24, 2.45) is 5.41 Å². The lowest BCUT2D eigenvalue weighted by molar-refractivity contribution is -0.131. The smallest absolute Gasteiger partial charge is 0.254 e. The highest BCUT2D eigenvalue weighted by molar-refractivity contribution is 7.99. The van der Waals surface area contributed by atoms with Crippen LogP contribution in [-0.2, 0) is 27.4 Å². The van der Waals surface area contributed by atoms with Crippen LogP contribution in [0.1, 0.15) is 54.1 Å². The fraction of sp³-hybridized carbons (Fsp3) is 0.471. The maximum absolute atomic E-state index is 16.0. The minimum Gasteiger partial charge on any atom is -0.382 e. The normalized spacial score (nSPS) is 24.5. The molecule has 4 aliphatic heterocycles. The number of pyridine rings is 1. The number of ether oxygens (including phenoxy) is 1. The van der Waals surface area contributed by atoms with Gasteiger partial charge in [-0.25, -0.2) is 19.3 Å². The molecule has 1 aromatic carbocycles. The Hall–Kier alpha value is -3.89. The average molecular weight is 724 g/mol. The molecule has 2 aromatic heterocycles. The number of halogens is 2. The Labute approximate surface area is 298 Å². The van der Waals surface area contributed by atoms with Gasteiger partial charge in [-0.1, -0.05) is 29.4 Å². The summed E-state index contributed by atoms with van der Waals surface area (Å²) in [5.74, 6) is 0.162. The largest absolute Gasteiger partial charge is 0.382 e. The third-order valence-corrected chi connectivity index (χ3v) is 12.2. The monoisotopic (exact) mass is 723 g/mol. The molecule has 0 bridgehead atoms. The Morgan fingerprint density at radius 2 is 2.02 bits per heavy atom. The lowest BCUT2D eigenvalue weighted by Gasteiger charge is -2.43. The maximum Gasteiger partial charge on any atom is 0.254 e. The zero-order chi connectivity index (χ0) is 35.2. The number of hydrogen-bond acceptors (Lipinski definition) is 13. The summed E-state index contributed by atoms with van der Waals surface area (Å²) in [5.41, 5.74) is 13.3. The van der Waals surface area contributed by atoms with E-state index in [9.17, 15) is 14.4 Å². The third-order valence-electron chi connectivity index (χ3n) is 10.6. The van der Waals surface area contributed by atoms with Crippen LogP contribution in [0, 0.1) is 11.2 Å². The van der Waals surface area contributed by atoms with Crippen LogP contribution in [0.25, 0.3) is 0 Å². The van der Waals surface area contributed by atoms with E-state index in [0.29, 0.717) is 82.1 Å². The number of anilines is 3. The SMILES string of the molecule is C[C@@H]1OCC2(CCN(c3cnc(Sc4ccnc(N)c4Cl)c(N)n3)CC2)[C@@H]1NCc1ccc2c(c1F)CN(C1CCC(C(=O)C=O)NC1)C2=O. The van der Waals surface area contributed by atoms with Crippen LogP contribution in [0.15, 0.2) is 40.5 Å². The van der Waals surface area contributed by atoms with E-state index in [1.54, 1.807) is 35.5 Å². The van der Waals surface area contributed by atoms with Gasteiger partial charge in [0, 0.05) is 71.5 Å². The molecule has 3 saturated heterocycles. The van der Waals surface area contributed by atoms with E-state index >= 15 is 4.39 Å². The number of ketones is 1. The first-order chi connectivity index (χ1) is 24.1. The highest BCUT2D eigenvalue weighted by atomic mass is 35.5. The van der Waals surface area contributed by atoms with Crippen molar-refractivity contribution in [1.82, 2.24) is 30.5 Å². The Morgan fingerprint density at radius 1 is 1.22 bits per heavy atom. The minimum absolute atomic E-state index is 0.00162. The van der Waals surface area contributed by atoms with Gasteiger partial charge in [-0.15, -0.1) is 0 Å². The summed E-state index contributed by atoms with van der Waals surface area (Å²) < 4.78 is 22.1. The molecule has 3 fully saturated rings. The van der Waals surface area contributed by atoms with Crippen LogP contribution >= 0.6 is 23.4 Å². The number of nitrogen functional groups attached to an aromatic ring is 2. The number of benzene rings is 1. The summed E-state index contributed by atoms with van der Waals surface area (Å²) in [6, 6.07) is 4.45. The fourth-order valence-corrected chi connectivity index (χ4v) is 8.76. The summed E-state index contributed by atoms with van der Waals surface area (Å²) in [6.07, 6.45) is 6.25. The molecule has 0 saturated carbocycles. The second kappa shape index (κ2) is 14.0. The molecule has 264 valence electrons. The molecule has 4 atom stereocenters. The number of carbonyl (C=O) groups is 3. The predicted molar refractivity (Wildman–Crippen MR) is 186 cm³/mol.